The van der Waals surface area contributed by atoms with Crippen molar-refractivity contribution in [1.82, 2.24) is 9.55 Å². The predicted molar refractivity (Wildman–Crippen MR) is 66.2 cm³/mol. The van der Waals surface area contributed by atoms with Gasteiger partial charge in [-0.3, -0.25) is 0 Å². The zero-order valence-corrected chi connectivity index (χ0v) is 11.2. The Hall–Kier alpha value is -0.240. The molecule has 0 spiro atoms. The lowest BCUT2D eigenvalue weighted by Gasteiger charge is -2.02. The number of halogens is 4. The number of pyridine rings is 1. The minimum Gasteiger partial charge on any atom is -0.326 e. The molecule has 0 saturated carbocycles. The SMILES string of the molecule is FC(F)Cn1cc(I)c2cc(Br)cnc21. The number of rotatable bonds is 2. The van der Waals surface area contributed by atoms with Crippen LogP contribution in [0.15, 0.2) is 22.9 Å². The third-order valence-corrected chi connectivity index (χ3v) is 3.26. The molecular weight excluding hydrogens is 381 g/mol. The first-order chi connectivity index (χ1) is 7.08. The first-order valence-corrected chi connectivity index (χ1v) is 6.03. The molecule has 0 aromatic carbocycles. The van der Waals surface area contributed by atoms with Gasteiger partial charge in [0.1, 0.15) is 5.65 Å². The molecule has 2 aromatic heterocycles. The Balaban J connectivity index is 2.57. The van der Waals surface area contributed by atoms with Crippen molar-refractivity contribution in [1.29, 1.82) is 0 Å². The molecule has 2 heterocycles. The van der Waals surface area contributed by atoms with Crippen LogP contribution in [0.1, 0.15) is 0 Å². The average Bonchev–Trinajstić information content (AvgIpc) is 2.42. The predicted octanol–water partition coefficient (Wildman–Crippen LogP) is 3.67. The fourth-order valence-corrected chi connectivity index (χ4v) is 2.46. The lowest BCUT2D eigenvalue weighted by Crippen LogP contribution is -2.05. The highest BCUT2D eigenvalue weighted by atomic mass is 127. The molecule has 0 aliphatic heterocycles. The van der Waals surface area contributed by atoms with Gasteiger partial charge in [0.25, 0.3) is 6.43 Å². The van der Waals surface area contributed by atoms with Gasteiger partial charge in [0, 0.05) is 25.8 Å². The lowest BCUT2D eigenvalue weighted by atomic mass is 10.3. The van der Waals surface area contributed by atoms with Crippen molar-refractivity contribution in [3.8, 4) is 0 Å². The minimum atomic E-state index is -2.36. The first kappa shape index (κ1) is 11.3. The van der Waals surface area contributed by atoms with E-state index in [-0.39, 0.29) is 6.54 Å². The quantitative estimate of drug-likeness (QED) is 0.720. The molecule has 0 fully saturated rings. The van der Waals surface area contributed by atoms with Crippen LogP contribution >= 0.6 is 38.5 Å². The maximum absolute atomic E-state index is 12.3. The number of hydrogen-bond acceptors (Lipinski definition) is 1. The second-order valence-corrected chi connectivity index (χ2v) is 5.12. The van der Waals surface area contributed by atoms with Crippen molar-refractivity contribution in [2.24, 2.45) is 0 Å². The maximum atomic E-state index is 12.3. The van der Waals surface area contributed by atoms with Crippen LogP contribution in [0, 0.1) is 3.57 Å². The Morgan fingerprint density at radius 1 is 1.53 bits per heavy atom. The molecule has 0 saturated heterocycles. The lowest BCUT2D eigenvalue weighted by molar-refractivity contribution is 0.128. The van der Waals surface area contributed by atoms with E-state index in [1.54, 1.807) is 12.4 Å². The summed E-state index contributed by atoms with van der Waals surface area (Å²) in [6.07, 6.45) is 0.943. The van der Waals surface area contributed by atoms with E-state index in [4.69, 9.17) is 0 Å². The molecule has 0 aliphatic carbocycles. The summed E-state index contributed by atoms with van der Waals surface area (Å²) in [5.41, 5.74) is 0.600. The van der Waals surface area contributed by atoms with Crippen LogP contribution in [0.25, 0.3) is 11.0 Å². The Morgan fingerprint density at radius 2 is 2.27 bits per heavy atom. The minimum absolute atomic E-state index is 0.311. The highest BCUT2D eigenvalue weighted by Gasteiger charge is 2.11. The molecule has 6 heteroatoms. The molecule has 0 N–H and O–H groups in total. The summed E-state index contributed by atoms with van der Waals surface area (Å²) in [5.74, 6) is 0. The van der Waals surface area contributed by atoms with Crippen LogP contribution in [0.5, 0.6) is 0 Å². The molecule has 0 unspecified atom stereocenters. The van der Waals surface area contributed by atoms with Crippen molar-refractivity contribution < 1.29 is 8.78 Å². The second-order valence-electron chi connectivity index (χ2n) is 3.05. The van der Waals surface area contributed by atoms with Crippen LogP contribution < -0.4 is 0 Å². The molecule has 0 radical (unpaired) electrons. The first-order valence-electron chi connectivity index (χ1n) is 4.16. The Kier molecular flexibility index (Phi) is 3.24. The third kappa shape index (κ3) is 2.30. The van der Waals surface area contributed by atoms with Gasteiger partial charge in [-0.05, 0) is 44.6 Å². The monoisotopic (exact) mass is 386 g/mol. The highest BCUT2D eigenvalue weighted by molar-refractivity contribution is 14.1. The zero-order valence-electron chi connectivity index (χ0n) is 7.42. The number of fused-ring (bicyclic) bond motifs is 1. The van der Waals surface area contributed by atoms with E-state index in [1.165, 1.54) is 4.57 Å². The third-order valence-electron chi connectivity index (χ3n) is 1.97. The van der Waals surface area contributed by atoms with Crippen LogP contribution in [-0.2, 0) is 6.54 Å². The van der Waals surface area contributed by atoms with Gasteiger partial charge in [-0.15, -0.1) is 0 Å². The molecule has 80 valence electrons. The highest BCUT2D eigenvalue weighted by Crippen LogP contribution is 2.24. The fourth-order valence-electron chi connectivity index (χ4n) is 1.39. The van der Waals surface area contributed by atoms with E-state index in [9.17, 15) is 8.78 Å². The summed E-state index contributed by atoms with van der Waals surface area (Å²) in [6.45, 7) is -0.311. The van der Waals surface area contributed by atoms with E-state index in [0.717, 1.165) is 13.4 Å². The van der Waals surface area contributed by atoms with E-state index >= 15 is 0 Å². The summed E-state index contributed by atoms with van der Waals surface area (Å²) in [6, 6.07) is 1.88. The van der Waals surface area contributed by atoms with E-state index in [2.05, 4.69) is 43.5 Å². The summed E-state index contributed by atoms with van der Waals surface area (Å²) >= 11 is 5.42. The number of alkyl halides is 2. The van der Waals surface area contributed by atoms with Crippen LogP contribution in [0.4, 0.5) is 8.78 Å². The smallest absolute Gasteiger partial charge is 0.256 e. The van der Waals surface area contributed by atoms with Gasteiger partial charge in [-0.25, -0.2) is 13.8 Å². The standard InChI is InChI=1S/C9H6BrF2IN2/c10-5-1-6-7(13)3-15(4-8(11)12)9(6)14-2-5/h1-3,8H,4H2. The number of nitrogens with zero attached hydrogens (tertiary/aromatic N) is 2. The molecule has 2 nitrogen and oxygen atoms in total. The van der Waals surface area contributed by atoms with E-state index in [0.29, 0.717) is 5.65 Å². The van der Waals surface area contributed by atoms with Gasteiger partial charge in [0.15, 0.2) is 0 Å². The average molecular weight is 387 g/mol. The summed E-state index contributed by atoms with van der Waals surface area (Å²) in [4.78, 5) is 4.13. The topological polar surface area (TPSA) is 17.8 Å². The second kappa shape index (κ2) is 4.32. The Labute approximate surface area is 107 Å². The molecule has 15 heavy (non-hydrogen) atoms. The van der Waals surface area contributed by atoms with Gasteiger partial charge in [-0.1, -0.05) is 0 Å². The molecular formula is C9H6BrF2IN2. The Morgan fingerprint density at radius 3 is 2.93 bits per heavy atom. The fraction of sp³-hybridized carbons (Fsp3) is 0.222. The van der Waals surface area contributed by atoms with Crippen LogP contribution in [0.3, 0.4) is 0 Å². The largest absolute Gasteiger partial charge is 0.326 e. The molecule has 0 atom stereocenters. The Bertz CT molecular complexity index is 498. The van der Waals surface area contributed by atoms with Crippen LogP contribution in [0.2, 0.25) is 0 Å². The number of aromatic nitrogens is 2. The van der Waals surface area contributed by atoms with E-state index < -0.39 is 6.43 Å². The zero-order chi connectivity index (χ0) is 11.0. The van der Waals surface area contributed by atoms with Gasteiger partial charge < -0.3 is 4.57 Å². The van der Waals surface area contributed by atoms with Crippen molar-refractivity contribution in [2.45, 2.75) is 13.0 Å². The number of hydrogen-bond donors (Lipinski definition) is 0. The van der Waals surface area contributed by atoms with Gasteiger partial charge in [0.2, 0.25) is 0 Å². The normalized spacial score (nSPS) is 11.5. The molecule has 0 aliphatic rings. The molecule has 0 bridgehead atoms. The van der Waals surface area contributed by atoms with Crippen molar-refractivity contribution >= 4 is 49.6 Å². The van der Waals surface area contributed by atoms with Gasteiger partial charge in [0.05, 0.1) is 6.54 Å². The summed E-state index contributed by atoms with van der Waals surface area (Å²) in [7, 11) is 0. The van der Waals surface area contributed by atoms with Crippen molar-refractivity contribution in [2.75, 3.05) is 0 Å². The summed E-state index contributed by atoms with van der Waals surface area (Å²) in [5, 5.41) is 0.894. The maximum Gasteiger partial charge on any atom is 0.256 e. The molecule has 2 rings (SSSR count). The van der Waals surface area contributed by atoms with Crippen molar-refractivity contribution in [3.05, 3.63) is 26.5 Å². The van der Waals surface area contributed by atoms with E-state index in [1.807, 2.05) is 6.07 Å². The van der Waals surface area contributed by atoms with Crippen LogP contribution in [-0.4, -0.2) is 16.0 Å². The van der Waals surface area contributed by atoms with Gasteiger partial charge >= 0.3 is 0 Å². The van der Waals surface area contributed by atoms with Crippen molar-refractivity contribution in [3.63, 3.8) is 0 Å². The van der Waals surface area contributed by atoms with Gasteiger partial charge in [-0.2, -0.15) is 0 Å². The summed E-state index contributed by atoms with van der Waals surface area (Å²) < 4.78 is 27.8. The molecule has 0 amide bonds. The molecule has 2 aromatic rings.